The van der Waals surface area contributed by atoms with Gasteiger partial charge in [-0.2, -0.15) is 0 Å². The van der Waals surface area contributed by atoms with Crippen LogP contribution in [0.5, 0.6) is 0 Å². The molecule has 0 aromatic carbocycles. The second kappa shape index (κ2) is 4.05. The third kappa shape index (κ3) is 1.62. The Morgan fingerprint density at radius 1 is 1.29 bits per heavy atom. The van der Waals surface area contributed by atoms with Crippen LogP contribution in [-0.4, -0.2) is 69.0 Å². The van der Waals surface area contributed by atoms with E-state index in [1.54, 1.807) is 0 Å². The van der Waals surface area contributed by atoms with E-state index in [4.69, 9.17) is 10.2 Å². The largest absolute Gasteiger partial charge is 0.394 e. The molecular weight excluding hydrogens is 199 g/mol. The molecule has 5 unspecified atom stereocenters. The molecule has 5 atom stereocenters. The summed E-state index contributed by atoms with van der Waals surface area (Å²) in [6.07, 6.45) is -6.78. The maximum Gasteiger partial charge on any atom is 0.189 e. The summed E-state index contributed by atoms with van der Waals surface area (Å²) in [6, 6.07) is 0. The van der Waals surface area contributed by atoms with Gasteiger partial charge >= 0.3 is 0 Å². The van der Waals surface area contributed by atoms with E-state index in [0.717, 1.165) is 0 Å². The summed E-state index contributed by atoms with van der Waals surface area (Å²) in [4.78, 5) is 0. The molecule has 1 rings (SSSR count). The van der Waals surface area contributed by atoms with Crippen LogP contribution in [0.2, 0.25) is 0 Å². The van der Waals surface area contributed by atoms with Gasteiger partial charge in [-0.1, -0.05) is 0 Å². The standard InChI is InChI=1S/C7H13FO6/c8-2-7(13)5(11)4(10)3(1-9)14-6(7)12/h3-6,9-13H,1-2H2. The number of aliphatic hydroxyl groups excluding tert-OH is 4. The fraction of sp³-hybridized carbons (Fsp3) is 1.00. The molecule has 0 saturated carbocycles. The topological polar surface area (TPSA) is 110 Å². The van der Waals surface area contributed by atoms with Crippen molar-refractivity contribution in [2.75, 3.05) is 13.3 Å². The lowest BCUT2D eigenvalue weighted by Crippen LogP contribution is -2.67. The minimum atomic E-state index is -2.55. The predicted octanol–water partition coefficient (Wildman–Crippen LogP) is -2.88. The highest BCUT2D eigenvalue weighted by Crippen LogP contribution is 2.29. The van der Waals surface area contributed by atoms with Crippen molar-refractivity contribution in [2.24, 2.45) is 0 Å². The molecule has 84 valence electrons. The first-order valence-electron chi connectivity index (χ1n) is 4.06. The fourth-order valence-electron chi connectivity index (χ4n) is 1.31. The minimum absolute atomic E-state index is 0.655. The van der Waals surface area contributed by atoms with Gasteiger partial charge in [-0.25, -0.2) is 4.39 Å². The number of ether oxygens (including phenoxy) is 1. The molecule has 0 spiro atoms. The Hall–Kier alpha value is -0.310. The quantitative estimate of drug-likeness (QED) is 0.336. The molecule has 1 heterocycles. The van der Waals surface area contributed by atoms with Gasteiger partial charge in [-0.05, 0) is 0 Å². The van der Waals surface area contributed by atoms with E-state index in [2.05, 4.69) is 4.74 Å². The summed E-state index contributed by atoms with van der Waals surface area (Å²) in [7, 11) is 0. The van der Waals surface area contributed by atoms with Gasteiger partial charge in [0, 0.05) is 0 Å². The van der Waals surface area contributed by atoms with Gasteiger partial charge < -0.3 is 30.3 Å². The zero-order chi connectivity index (χ0) is 10.9. The molecule has 1 aliphatic rings. The van der Waals surface area contributed by atoms with E-state index in [-0.39, 0.29) is 0 Å². The first-order chi connectivity index (χ1) is 6.47. The van der Waals surface area contributed by atoms with Crippen molar-refractivity contribution in [2.45, 2.75) is 30.2 Å². The van der Waals surface area contributed by atoms with Crippen LogP contribution in [0, 0.1) is 0 Å². The molecule has 1 saturated heterocycles. The van der Waals surface area contributed by atoms with Crippen LogP contribution in [0.25, 0.3) is 0 Å². The van der Waals surface area contributed by atoms with Crippen molar-refractivity contribution in [3.05, 3.63) is 0 Å². The Labute approximate surface area is 79.2 Å². The SMILES string of the molecule is OCC1OC(O)C(O)(CF)C(O)C1O. The number of hydrogen-bond acceptors (Lipinski definition) is 6. The van der Waals surface area contributed by atoms with Crippen LogP contribution in [0.3, 0.4) is 0 Å². The van der Waals surface area contributed by atoms with Gasteiger partial charge in [-0.3, -0.25) is 0 Å². The Bertz CT molecular complexity index is 203. The molecule has 14 heavy (non-hydrogen) atoms. The zero-order valence-electron chi connectivity index (χ0n) is 7.25. The summed E-state index contributed by atoms with van der Waals surface area (Å²) >= 11 is 0. The maximum atomic E-state index is 12.3. The Balaban J connectivity index is 2.84. The van der Waals surface area contributed by atoms with E-state index < -0.39 is 43.5 Å². The van der Waals surface area contributed by atoms with Crippen molar-refractivity contribution >= 4 is 0 Å². The number of rotatable bonds is 2. The molecule has 1 aliphatic heterocycles. The molecule has 0 bridgehead atoms. The van der Waals surface area contributed by atoms with E-state index in [9.17, 15) is 19.7 Å². The Kier molecular flexibility index (Phi) is 3.40. The predicted molar refractivity (Wildman–Crippen MR) is 40.9 cm³/mol. The van der Waals surface area contributed by atoms with Gasteiger partial charge in [0.25, 0.3) is 0 Å². The first-order valence-corrected chi connectivity index (χ1v) is 4.06. The average molecular weight is 212 g/mol. The highest BCUT2D eigenvalue weighted by atomic mass is 19.1. The second-order valence-corrected chi connectivity index (χ2v) is 3.27. The molecule has 0 radical (unpaired) electrons. The summed E-state index contributed by atoms with van der Waals surface area (Å²) in [5.74, 6) is 0. The number of halogens is 1. The van der Waals surface area contributed by atoms with E-state index in [1.165, 1.54) is 0 Å². The van der Waals surface area contributed by atoms with Crippen LogP contribution in [0.4, 0.5) is 4.39 Å². The number of hydrogen-bond donors (Lipinski definition) is 5. The third-order valence-electron chi connectivity index (χ3n) is 2.34. The van der Waals surface area contributed by atoms with Crippen molar-refractivity contribution < 1.29 is 34.7 Å². The molecule has 0 aromatic rings. The van der Waals surface area contributed by atoms with Crippen molar-refractivity contribution in [3.8, 4) is 0 Å². The lowest BCUT2D eigenvalue weighted by molar-refractivity contribution is -0.331. The lowest BCUT2D eigenvalue weighted by Gasteiger charge is -2.44. The molecule has 1 fully saturated rings. The van der Waals surface area contributed by atoms with Gasteiger partial charge in [0.05, 0.1) is 6.61 Å². The van der Waals surface area contributed by atoms with Gasteiger partial charge in [0.1, 0.15) is 25.0 Å². The smallest absolute Gasteiger partial charge is 0.189 e. The molecular formula is C7H13FO6. The van der Waals surface area contributed by atoms with E-state index >= 15 is 0 Å². The lowest BCUT2D eigenvalue weighted by atomic mass is 9.88. The van der Waals surface area contributed by atoms with E-state index in [0.29, 0.717) is 0 Å². The van der Waals surface area contributed by atoms with Gasteiger partial charge in [-0.15, -0.1) is 0 Å². The molecule has 6 nitrogen and oxygen atoms in total. The van der Waals surface area contributed by atoms with Crippen molar-refractivity contribution in [1.29, 1.82) is 0 Å². The molecule has 5 N–H and O–H groups in total. The highest BCUT2D eigenvalue weighted by molar-refractivity contribution is 4.99. The monoisotopic (exact) mass is 212 g/mol. The Morgan fingerprint density at radius 2 is 1.86 bits per heavy atom. The highest BCUT2D eigenvalue weighted by Gasteiger charge is 2.54. The van der Waals surface area contributed by atoms with Crippen LogP contribution >= 0.6 is 0 Å². The summed E-state index contributed by atoms with van der Waals surface area (Å²) in [5.41, 5.74) is -2.55. The second-order valence-electron chi connectivity index (χ2n) is 3.27. The molecule has 0 aliphatic carbocycles. The van der Waals surface area contributed by atoms with Crippen LogP contribution in [-0.2, 0) is 4.74 Å². The summed E-state index contributed by atoms with van der Waals surface area (Å²) < 4.78 is 16.9. The van der Waals surface area contributed by atoms with Crippen molar-refractivity contribution in [1.82, 2.24) is 0 Å². The Morgan fingerprint density at radius 3 is 2.29 bits per heavy atom. The average Bonchev–Trinajstić information content (AvgIpc) is 2.20. The summed E-state index contributed by atoms with van der Waals surface area (Å²) in [5, 5.41) is 45.7. The van der Waals surface area contributed by atoms with Gasteiger partial charge in [0.15, 0.2) is 11.9 Å². The van der Waals surface area contributed by atoms with Crippen molar-refractivity contribution in [3.63, 3.8) is 0 Å². The third-order valence-corrected chi connectivity index (χ3v) is 2.34. The fourth-order valence-corrected chi connectivity index (χ4v) is 1.31. The zero-order valence-corrected chi connectivity index (χ0v) is 7.25. The van der Waals surface area contributed by atoms with Crippen LogP contribution in [0.15, 0.2) is 0 Å². The summed E-state index contributed by atoms with van der Waals surface area (Å²) in [6.45, 7) is -2.12. The molecule has 0 aromatic heterocycles. The van der Waals surface area contributed by atoms with Gasteiger partial charge in [0.2, 0.25) is 0 Å². The maximum absolute atomic E-state index is 12.3. The molecule has 7 heteroatoms. The van der Waals surface area contributed by atoms with Crippen LogP contribution < -0.4 is 0 Å². The minimum Gasteiger partial charge on any atom is -0.394 e. The number of alkyl halides is 1. The number of aliphatic hydroxyl groups is 5. The molecule has 0 amide bonds. The first kappa shape index (κ1) is 11.8. The van der Waals surface area contributed by atoms with Crippen LogP contribution in [0.1, 0.15) is 0 Å². The van der Waals surface area contributed by atoms with E-state index in [1.807, 2.05) is 0 Å². The normalized spacial score (nSPS) is 49.3.